The molecule has 0 bridgehead atoms. The van der Waals surface area contributed by atoms with Gasteiger partial charge < -0.3 is 10.2 Å². The summed E-state index contributed by atoms with van der Waals surface area (Å²) in [6, 6.07) is 35.7. The van der Waals surface area contributed by atoms with Gasteiger partial charge in [0.05, 0.1) is 11.0 Å². The van der Waals surface area contributed by atoms with Gasteiger partial charge in [-0.25, -0.2) is 0 Å². The van der Waals surface area contributed by atoms with Crippen molar-refractivity contribution in [2.75, 3.05) is 0 Å². The summed E-state index contributed by atoms with van der Waals surface area (Å²) in [5.41, 5.74) is 1.14. The quantitative estimate of drug-likeness (QED) is 0.254. The van der Waals surface area contributed by atoms with E-state index in [0.29, 0.717) is 0 Å². The number of hydrogen-bond donors (Lipinski definition) is 2. The largest absolute Gasteiger partial charge is 0.481 e. The maximum Gasteiger partial charge on any atom is 0.325 e. The third-order valence-corrected chi connectivity index (χ3v) is 8.91. The van der Waals surface area contributed by atoms with E-state index in [1.807, 2.05) is 102 Å². The summed E-state index contributed by atoms with van der Waals surface area (Å²) in [6.45, 7) is 5.11. The minimum atomic E-state index is -1.83. The molecule has 0 unspecified atom stereocenters. The van der Waals surface area contributed by atoms with Gasteiger partial charge in [-0.3, -0.25) is 14.5 Å². The summed E-state index contributed by atoms with van der Waals surface area (Å²) in [5, 5.41) is 21.7. The highest BCUT2D eigenvalue weighted by molar-refractivity contribution is 5.91. The molecule has 0 heterocycles. The third-order valence-electron chi connectivity index (χ3n) is 8.91. The van der Waals surface area contributed by atoms with Crippen molar-refractivity contribution in [3.8, 4) is 11.1 Å². The van der Waals surface area contributed by atoms with Gasteiger partial charge in [0.25, 0.3) is 0 Å². The molecule has 0 fully saturated rings. The van der Waals surface area contributed by atoms with Crippen LogP contribution in [0.1, 0.15) is 49.4 Å². The van der Waals surface area contributed by atoms with Gasteiger partial charge in [0.15, 0.2) is 0 Å². The predicted molar refractivity (Wildman–Crippen MR) is 152 cm³/mol. The molecule has 5 nitrogen and oxygen atoms in total. The Morgan fingerprint density at radius 2 is 1.15 bits per heavy atom. The van der Waals surface area contributed by atoms with Crippen LogP contribution in [0.3, 0.4) is 0 Å². The maximum absolute atomic E-state index is 13.6. The summed E-state index contributed by atoms with van der Waals surface area (Å²) in [4.78, 5) is 28.6. The highest BCUT2D eigenvalue weighted by atomic mass is 16.4. The molecule has 0 saturated heterocycles. The molecule has 0 aliphatic heterocycles. The van der Waals surface area contributed by atoms with Crippen molar-refractivity contribution in [1.82, 2.24) is 4.90 Å². The highest BCUT2D eigenvalue weighted by Crippen LogP contribution is 2.58. The molecule has 198 valence electrons. The normalized spacial score (nSPS) is 16.5. The molecule has 4 aromatic carbocycles. The predicted octanol–water partition coefficient (Wildman–Crippen LogP) is 6.81. The molecule has 0 aromatic heterocycles. The van der Waals surface area contributed by atoms with Crippen LogP contribution in [0, 0.1) is 5.41 Å². The van der Waals surface area contributed by atoms with E-state index >= 15 is 0 Å². The van der Waals surface area contributed by atoms with Crippen LogP contribution in [0.25, 0.3) is 11.1 Å². The van der Waals surface area contributed by atoms with Gasteiger partial charge in [-0.05, 0) is 53.6 Å². The molecule has 1 aliphatic rings. The summed E-state index contributed by atoms with van der Waals surface area (Å²) < 4.78 is 0. The fourth-order valence-corrected chi connectivity index (χ4v) is 6.38. The fraction of sp³-hybridized carbons (Fsp3) is 0.235. The van der Waals surface area contributed by atoms with Crippen LogP contribution in [-0.2, 0) is 21.7 Å². The van der Waals surface area contributed by atoms with Crippen LogP contribution in [-0.4, -0.2) is 32.6 Å². The lowest BCUT2D eigenvalue weighted by Crippen LogP contribution is -2.69. The number of rotatable bonds is 9. The standard InChI is InChI=1S/C34H33NO4/c1-4-32(2,30(36)37)33(3,31(38)39)35(23-24-15-7-5-8-16-24)34(25-17-9-6-10-18-25)28-21-13-11-19-26(28)27-20-12-14-22-29(27)34/h5-22H,4,23H2,1-3H3,(H,36,37)(H,38,39)/t32-,33+/m0/s1. The zero-order valence-corrected chi connectivity index (χ0v) is 22.5. The van der Waals surface area contributed by atoms with Crippen LogP contribution in [0.15, 0.2) is 109 Å². The number of carbonyl (C=O) groups is 2. The number of nitrogens with zero attached hydrogens (tertiary/aromatic N) is 1. The van der Waals surface area contributed by atoms with E-state index in [0.717, 1.165) is 33.4 Å². The molecule has 4 aromatic rings. The lowest BCUT2D eigenvalue weighted by atomic mass is 9.65. The smallest absolute Gasteiger partial charge is 0.325 e. The van der Waals surface area contributed by atoms with Crippen molar-refractivity contribution in [1.29, 1.82) is 0 Å². The Balaban J connectivity index is 1.98. The summed E-state index contributed by atoms with van der Waals surface area (Å²) in [6.07, 6.45) is 0.130. The first-order valence-electron chi connectivity index (χ1n) is 13.3. The van der Waals surface area contributed by atoms with Crippen LogP contribution in [0.4, 0.5) is 0 Å². The van der Waals surface area contributed by atoms with Gasteiger partial charge in [-0.1, -0.05) is 116 Å². The van der Waals surface area contributed by atoms with Crippen molar-refractivity contribution < 1.29 is 19.8 Å². The molecule has 2 atom stereocenters. The molecule has 5 rings (SSSR count). The lowest BCUT2D eigenvalue weighted by molar-refractivity contribution is -0.181. The van der Waals surface area contributed by atoms with Crippen molar-refractivity contribution in [3.63, 3.8) is 0 Å². The second-order valence-electron chi connectivity index (χ2n) is 10.6. The first-order chi connectivity index (χ1) is 18.7. The number of carboxylic acid groups (broad SMARTS) is 2. The van der Waals surface area contributed by atoms with Crippen molar-refractivity contribution in [2.24, 2.45) is 5.41 Å². The molecule has 0 saturated carbocycles. The average Bonchev–Trinajstić information content (AvgIpc) is 3.27. The van der Waals surface area contributed by atoms with Gasteiger partial charge in [0, 0.05) is 6.54 Å². The Morgan fingerprint density at radius 3 is 1.62 bits per heavy atom. The van der Waals surface area contributed by atoms with Gasteiger partial charge in [-0.2, -0.15) is 0 Å². The molecule has 2 N–H and O–H groups in total. The van der Waals surface area contributed by atoms with Crippen LogP contribution in [0.5, 0.6) is 0 Å². The van der Waals surface area contributed by atoms with E-state index in [1.165, 1.54) is 0 Å². The van der Waals surface area contributed by atoms with E-state index in [2.05, 4.69) is 12.1 Å². The first kappa shape index (κ1) is 26.4. The average molecular weight is 520 g/mol. The third kappa shape index (κ3) is 3.72. The summed E-state index contributed by atoms with van der Waals surface area (Å²) >= 11 is 0. The maximum atomic E-state index is 13.6. The highest BCUT2D eigenvalue weighted by Gasteiger charge is 2.64. The Kier molecular flexibility index (Phi) is 6.65. The topological polar surface area (TPSA) is 77.8 Å². The Morgan fingerprint density at radius 1 is 0.692 bits per heavy atom. The molecule has 0 amide bonds. The molecular weight excluding hydrogens is 486 g/mol. The van der Waals surface area contributed by atoms with Gasteiger partial charge in [0.2, 0.25) is 0 Å². The van der Waals surface area contributed by atoms with Crippen LogP contribution >= 0.6 is 0 Å². The second kappa shape index (κ2) is 9.83. The monoisotopic (exact) mass is 519 g/mol. The van der Waals surface area contributed by atoms with E-state index in [9.17, 15) is 19.8 Å². The van der Waals surface area contributed by atoms with Crippen molar-refractivity contribution >= 4 is 11.9 Å². The summed E-state index contributed by atoms with van der Waals surface area (Å²) in [5.74, 6) is -2.32. The minimum Gasteiger partial charge on any atom is -0.481 e. The Labute approximate surface area is 229 Å². The van der Waals surface area contributed by atoms with Crippen LogP contribution in [0.2, 0.25) is 0 Å². The Hall–Kier alpha value is -4.22. The van der Waals surface area contributed by atoms with E-state index in [4.69, 9.17) is 0 Å². The number of hydrogen-bond acceptors (Lipinski definition) is 3. The number of benzene rings is 4. The molecule has 39 heavy (non-hydrogen) atoms. The molecular formula is C34H33NO4. The van der Waals surface area contributed by atoms with E-state index in [1.54, 1.807) is 20.8 Å². The zero-order valence-electron chi connectivity index (χ0n) is 22.5. The van der Waals surface area contributed by atoms with E-state index in [-0.39, 0.29) is 13.0 Å². The van der Waals surface area contributed by atoms with Gasteiger partial charge in [0.1, 0.15) is 5.54 Å². The molecule has 0 spiro atoms. The second-order valence-corrected chi connectivity index (χ2v) is 10.6. The van der Waals surface area contributed by atoms with E-state index < -0.39 is 28.4 Å². The number of aliphatic carboxylic acids is 2. The summed E-state index contributed by atoms with van der Waals surface area (Å²) in [7, 11) is 0. The van der Waals surface area contributed by atoms with Crippen LogP contribution < -0.4 is 0 Å². The minimum absolute atomic E-state index is 0.130. The van der Waals surface area contributed by atoms with Gasteiger partial charge >= 0.3 is 11.9 Å². The van der Waals surface area contributed by atoms with Crippen molar-refractivity contribution in [3.05, 3.63) is 131 Å². The first-order valence-corrected chi connectivity index (χ1v) is 13.3. The molecule has 0 radical (unpaired) electrons. The fourth-order valence-electron chi connectivity index (χ4n) is 6.38. The van der Waals surface area contributed by atoms with Crippen molar-refractivity contribution in [2.45, 2.75) is 44.8 Å². The molecule has 5 heteroatoms. The molecule has 1 aliphatic carbocycles. The lowest BCUT2D eigenvalue weighted by Gasteiger charge is -2.55. The number of carboxylic acids is 2. The Bertz CT molecular complexity index is 1470. The number of fused-ring (bicyclic) bond motifs is 3. The van der Waals surface area contributed by atoms with Gasteiger partial charge in [-0.15, -0.1) is 0 Å². The SMILES string of the molecule is CC[C@@](C)(C(=O)O)[C@@](C)(C(=O)O)N(Cc1ccccc1)C1(c2ccccc2)c2ccccc2-c2ccccc21. The zero-order chi connectivity index (χ0) is 27.8.